The SMILES string of the molecule is CC(C)OC(=O)[C@@H](C)[C@H](C)NC(=O)OCC1c2ccccc2-c2ccccc21. The zero-order valence-corrected chi connectivity index (χ0v) is 16.8. The third-order valence-electron chi connectivity index (χ3n) is 5.16. The van der Waals surface area contributed by atoms with E-state index in [0.29, 0.717) is 0 Å². The van der Waals surface area contributed by atoms with E-state index in [0.717, 1.165) is 0 Å². The van der Waals surface area contributed by atoms with Crippen molar-refractivity contribution in [3.05, 3.63) is 59.7 Å². The Morgan fingerprint density at radius 2 is 1.46 bits per heavy atom. The Bertz CT molecular complexity index is 816. The molecule has 0 saturated carbocycles. The lowest BCUT2D eigenvalue weighted by molar-refractivity contribution is -0.152. The average Bonchev–Trinajstić information content (AvgIpc) is 2.99. The Hall–Kier alpha value is -2.82. The molecule has 0 saturated heterocycles. The molecule has 148 valence electrons. The third-order valence-corrected chi connectivity index (χ3v) is 5.16. The molecular formula is C23H27NO4. The van der Waals surface area contributed by atoms with Crippen LogP contribution in [0.5, 0.6) is 0 Å². The van der Waals surface area contributed by atoms with Gasteiger partial charge in [0, 0.05) is 12.0 Å². The number of carbonyl (C=O) groups is 2. The maximum atomic E-state index is 12.3. The molecule has 1 amide bonds. The average molecular weight is 381 g/mol. The van der Waals surface area contributed by atoms with Gasteiger partial charge in [-0.3, -0.25) is 4.79 Å². The number of ether oxygens (including phenoxy) is 2. The van der Waals surface area contributed by atoms with Crippen LogP contribution in [0, 0.1) is 5.92 Å². The molecule has 0 fully saturated rings. The smallest absolute Gasteiger partial charge is 0.407 e. The van der Waals surface area contributed by atoms with Crippen LogP contribution in [0.25, 0.3) is 11.1 Å². The third kappa shape index (κ3) is 4.19. The van der Waals surface area contributed by atoms with Crippen molar-refractivity contribution in [2.75, 3.05) is 6.61 Å². The normalized spacial score (nSPS) is 14.8. The van der Waals surface area contributed by atoms with E-state index < -0.39 is 12.0 Å². The number of alkyl carbamates (subject to hydrolysis) is 1. The molecule has 2 aromatic carbocycles. The van der Waals surface area contributed by atoms with Crippen molar-refractivity contribution < 1.29 is 19.1 Å². The van der Waals surface area contributed by atoms with Crippen molar-refractivity contribution in [3.8, 4) is 11.1 Å². The second kappa shape index (κ2) is 8.46. The second-order valence-corrected chi connectivity index (χ2v) is 7.53. The molecule has 28 heavy (non-hydrogen) atoms. The van der Waals surface area contributed by atoms with E-state index in [4.69, 9.17) is 9.47 Å². The van der Waals surface area contributed by atoms with E-state index in [2.05, 4.69) is 29.6 Å². The van der Waals surface area contributed by atoms with Crippen LogP contribution in [0.2, 0.25) is 0 Å². The molecule has 0 aliphatic heterocycles. The Balaban J connectivity index is 1.61. The van der Waals surface area contributed by atoms with Gasteiger partial charge in [0.25, 0.3) is 0 Å². The van der Waals surface area contributed by atoms with E-state index in [-0.39, 0.29) is 30.6 Å². The van der Waals surface area contributed by atoms with E-state index >= 15 is 0 Å². The van der Waals surface area contributed by atoms with Gasteiger partial charge in [0.15, 0.2) is 0 Å². The summed E-state index contributed by atoms with van der Waals surface area (Å²) < 4.78 is 10.7. The van der Waals surface area contributed by atoms with Gasteiger partial charge in [0.1, 0.15) is 6.61 Å². The molecule has 1 aliphatic rings. The largest absolute Gasteiger partial charge is 0.463 e. The Kier molecular flexibility index (Phi) is 6.02. The van der Waals surface area contributed by atoms with Gasteiger partial charge >= 0.3 is 12.1 Å². The molecule has 0 spiro atoms. The molecule has 3 rings (SSSR count). The maximum absolute atomic E-state index is 12.3. The van der Waals surface area contributed by atoms with Gasteiger partial charge in [-0.15, -0.1) is 0 Å². The number of rotatable bonds is 6. The molecule has 0 unspecified atom stereocenters. The lowest BCUT2D eigenvalue weighted by atomic mass is 9.98. The molecule has 0 radical (unpaired) electrons. The highest BCUT2D eigenvalue weighted by Gasteiger charge is 2.30. The zero-order valence-electron chi connectivity index (χ0n) is 16.8. The van der Waals surface area contributed by atoms with Crippen molar-refractivity contribution in [2.45, 2.75) is 45.8 Å². The predicted octanol–water partition coefficient (Wildman–Crippen LogP) is 4.50. The Labute approximate surface area is 166 Å². The minimum absolute atomic E-state index is 0.0109. The van der Waals surface area contributed by atoms with Gasteiger partial charge < -0.3 is 14.8 Å². The molecule has 2 atom stereocenters. The number of benzene rings is 2. The Morgan fingerprint density at radius 3 is 2.00 bits per heavy atom. The van der Waals surface area contributed by atoms with Gasteiger partial charge in [-0.1, -0.05) is 48.5 Å². The fourth-order valence-electron chi connectivity index (χ4n) is 3.49. The van der Waals surface area contributed by atoms with E-state index in [1.165, 1.54) is 22.3 Å². The number of esters is 1. The minimum Gasteiger partial charge on any atom is -0.463 e. The lowest BCUT2D eigenvalue weighted by Crippen LogP contribution is -2.41. The number of nitrogens with one attached hydrogen (secondary N) is 1. The van der Waals surface area contributed by atoms with Crippen molar-refractivity contribution in [1.29, 1.82) is 0 Å². The Morgan fingerprint density at radius 1 is 0.929 bits per heavy atom. The van der Waals surface area contributed by atoms with Crippen LogP contribution in [0.1, 0.15) is 44.7 Å². The first-order valence-corrected chi connectivity index (χ1v) is 9.70. The minimum atomic E-state index is -0.529. The molecule has 5 heteroatoms. The van der Waals surface area contributed by atoms with Crippen LogP contribution in [0.3, 0.4) is 0 Å². The summed E-state index contributed by atoms with van der Waals surface area (Å²) in [6.45, 7) is 7.35. The fourth-order valence-corrected chi connectivity index (χ4v) is 3.49. The standard InChI is InChI=1S/C23H27NO4/c1-14(2)28-22(25)15(3)16(4)24-23(26)27-13-21-19-11-7-5-9-17(19)18-10-6-8-12-20(18)21/h5-12,14-16,21H,13H2,1-4H3,(H,24,26)/t15-,16-/m0/s1. The topological polar surface area (TPSA) is 64.6 Å². The van der Waals surface area contributed by atoms with Crippen LogP contribution in [-0.2, 0) is 14.3 Å². The van der Waals surface area contributed by atoms with Gasteiger partial charge in [0.05, 0.1) is 12.0 Å². The predicted molar refractivity (Wildman–Crippen MR) is 108 cm³/mol. The van der Waals surface area contributed by atoms with Crippen molar-refractivity contribution >= 4 is 12.1 Å². The van der Waals surface area contributed by atoms with Gasteiger partial charge in [-0.05, 0) is 49.9 Å². The highest BCUT2D eigenvalue weighted by Crippen LogP contribution is 2.44. The van der Waals surface area contributed by atoms with Crippen molar-refractivity contribution in [1.82, 2.24) is 5.32 Å². The summed E-state index contributed by atoms with van der Waals surface area (Å²) in [6.07, 6.45) is -0.713. The van der Waals surface area contributed by atoms with Crippen molar-refractivity contribution in [3.63, 3.8) is 0 Å². The summed E-state index contributed by atoms with van der Waals surface area (Å²) in [5, 5.41) is 2.74. The first-order chi connectivity index (χ1) is 13.4. The molecule has 0 heterocycles. The van der Waals surface area contributed by atoms with Gasteiger partial charge in [0.2, 0.25) is 0 Å². The first-order valence-electron chi connectivity index (χ1n) is 9.70. The monoisotopic (exact) mass is 381 g/mol. The highest BCUT2D eigenvalue weighted by molar-refractivity contribution is 5.79. The second-order valence-electron chi connectivity index (χ2n) is 7.53. The maximum Gasteiger partial charge on any atom is 0.407 e. The van der Waals surface area contributed by atoms with E-state index in [1.807, 2.05) is 24.3 Å². The van der Waals surface area contributed by atoms with Crippen LogP contribution in [-0.4, -0.2) is 30.8 Å². The van der Waals surface area contributed by atoms with Crippen LogP contribution in [0.15, 0.2) is 48.5 Å². The van der Waals surface area contributed by atoms with Crippen LogP contribution in [0.4, 0.5) is 4.79 Å². The molecule has 1 aliphatic carbocycles. The van der Waals surface area contributed by atoms with Crippen molar-refractivity contribution in [2.24, 2.45) is 5.92 Å². The van der Waals surface area contributed by atoms with Gasteiger partial charge in [-0.25, -0.2) is 4.79 Å². The fraction of sp³-hybridized carbons (Fsp3) is 0.391. The number of fused-ring (bicyclic) bond motifs is 3. The quantitative estimate of drug-likeness (QED) is 0.748. The summed E-state index contributed by atoms with van der Waals surface area (Å²) in [4.78, 5) is 24.3. The van der Waals surface area contributed by atoms with E-state index in [9.17, 15) is 9.59 Å². The summed E-state index contributed by atoms with van der Waals surface area (Å²) in [5.41, 5.74) is 4.70. The molecule has 0 aromatic heterocycles. The summed E-state index contributed by atoms with van der Waals surface area (Å²) in [7, 11) is 0. The van der Waals surface area contributed by atoms with E-state index in [1.54, 1.807) is 27.7 Å². The highest BCUT2D eigenvalue weighted by atomic mass is 16.6. The number of hydrogen-bond acceptors (Lipinski definition) is 4. The summed E-state index contributed by atoms with van der Waals surface area (Å²) in [5.74, 6) is -0.777. The number of hydrogen-bond donors (Lipinski definition) is 1. The lowest BCUT2D eigenvalue weighted by Gasteiger charge is -2.21. The van der Waals surface area contributed by atoms with Gasteiger partial charge in [-0.2, -0.15) is 0 Å². The first kappa shape index (κ1) is 19.9. The summed E-state index contributed by atoms with van der Waals surface area (Å²) >= 11 is 0. The molecule has 5 nitrogen and oxygen atoms in total. The van der Waals surface area contributed by atoms with Crippen LogP contribution >= 0.6 is 0 Å². The molecule has 0 bridgehead atoms. The zero-order chi connectivity index (χ0) is 20.3. The number of amides is 1. The summed E-state index contributed by atoms with van der Waals surface area (Å²) in [6, 6.07) is 16.0. The van der Waals surface area contributed by atoms with Crippen LogP contribution < -0.4 is 5.32 Å². The molecule has 2 aromatic rings. The molecule has 1 N–H and O–H groups in total. The molecular weight excluding hydrogens is 354 g/mol. The number of carbonyl (C=O) groups excluding carboxylic acids is 2.